The summed E-state index contributed by atoms with van der Waals surface area (Å²) in [5.41, 5.74) is 7.02. The second-order valence-corrected chi connectivity index (χ2v) is 11.0. The van der Waals surface area contributed by atoms with Crippen molar-refractivity contribution in [1.82, 2.24) is 14.0 Å². The lowest BCUT2D eigenvalue weighted by Gasteiger charge is -2.55. The van der Waals surface area contributed by atoms with Gasteiger partial charge in [0.15, 0.2) is 0 Å². The Balaban J connectivity index is 0.00000294. The zero-order valence-corrected chi connectivity index (χ0v) is 23.9. The van der Waals surface area contributed by atoms with E-state index >= 15 is 0 Å². The number of nitrogens with one attached hydrogen (secondary N) is 1. The third-order valence-corrected chi connectivity index (χ3v) is 8.13. The number of nitrogens with zero attached hydrogens (tertiary/aromatic N) is 3. The summed E-state index contributed by atoms with van der Waals surface area (Å²) in [5, 5.41) is 9.40. The SMILES string of the molecule is Br.Cc1ccc(CC(C(=O)N2CC3(COC3)C2)n2c(=N)n(C(C)c3ccc(C)cc3)c3ccccc32)cc1. The minimum atomic E-state index is -0.495. The summed E-state index contributed by atoms with van der Waals surface area (Å²) in [6, 6.07) is 24.5. The van der Waals surface area contributed by atoms with Crippen molar-refractivity contribution in [2.24, 2.45) is 5.41 Å². The topological polar surface area (TPSA) is 63.2 Å². The van der Waals surface area contributed by atoms with Crippen LogP contribution < -0.4 is 5.62 Å². The lowest BCUT2D eigenvalue weighted by molar-refractivity contribution is -0.197. The fourth-order valence-electron chi connectivity index (χ4n) is 5.86. The molecule has 0 saturated carbocycles. The van der Waals surface area contributed by atoms with E-state index in [1.807, 2.05) is 27.7 Å². The summed E-state index contributed by atoms with van der Waals surface area (Å²) in [5.74, 6) is 0.0856. The van der Waals surface area contributed by atoms with Crippen molar-refractivity contribution in [3.63, 3.8) is 0 Å². The Morgan fingerprint density at radius 1 is 0.895 bits per heavy atom. The van der Waals surface area contributed by atoms with Crippen molar-refractivity contribution in [3.05, 3.63) is 101 Å². The highest BCUT2D eigenvalue weighted by atomic mass is 79.9. The van der Waals surface area contributed by atoms with Crippen molar-refractivity contribution in [2.75, 3.05) is 26.3 Å². The van der Waals surface area contributed by atoms with Crippen molar-refractivity contribution in [3.8, 4) is 0 Å². The van der Waals surface area contributed by atoms with Crippen molar-refractivity contribution in [1.29, 1.82) is 5.41 Å². The van der Waals surface area contributed by atoms with Crippen LogP contribution >= 0.6 is 17.0 Å². The maximum atomic E-state index is 14.1. The average Bonchev–Trinajstić information content (AvgIpc) is 3.13. The van der Waals surface area contributed by atoms with Crippen LogP contribution in [0.3, 0.4) is 0 Å². The van der Waals surface area contributed by atoms with Gasteiger partial charge in [-0.2, -0.15) is 0 Å². The number of aryl methyl sites for hydroxylation is 2. The highest BCUT2D eigenvalue weighted by Crippen LogP contribution is 2.39. The molecule has 2 unspecified atom stereocenters. The Morgan fingerprint density at radius 2 is 1.45 bits per heavy atom. The molecule has 1 aromatic heterocycles. The first-order valence-electron chi connectivity index (χ1n) is 13.1. The normalized spacial score (nSPS) is 17.4. The quantitative estimate of drug-likeness (QED) is 0.336. The molecule has 2 aliphatic rings. The number of rotatable bonds is 6. The molecule has 2 saturated heterocycles. The van der Waals surface area contributed by atoms with Gasteiger partial charge in [0, 0.05) is 19.5 Å². The molecule has 6 rings (SSSR count). The molecule has 198 valence electrons. The van der Waals surface area contributed by atoms with Gasteiger partial charge in [0.05, 0.1) is 35.7 Å². The van der Waals surface area contributed by atoms with Gasteiger partial charge in [-0.15, -0.1) is 17.0 Å². The molecule has 3 aromatic carbocycles. The number of likely N-dealkylation sites (tertiary alicyclic amines) is 1. The number of ether oxygens (including phenoxy) is 1. The van der Waals surface area contributed by atoms with Crippen molar-refractivity contribution < 1.29 is 9.53 Å². The summed E-state index contributed by atoms with van der Waals surface area (Å²) >= 11 is 0. The zero-order chi connectivity index (χ0) is 25.7. The zero-order valence-electron chi connectivity index (χ0n) is 22.2. The van der Waals surface area contributed by atoms with E-state index in [0.29, 0.717) is 12.0 Å². The average molecular weight is 576 g/mol. The lowest BCUT2D eigenvalue weighted by atomic mass is 9.77. The minimum Gasteiger partial charge on any atom is -0.380 e. The minimum absolute atomic E-state index is 0. The number of amides is 1. The van der Waals surface area contributed by atoms with E-state index in [9.17, 15) is 10.2 Å². The molecule has 7 heteroatoms. The van der Waals surface area contributed by atoms with Gasteiger partial charge in [0.2, 0.25) is 11.5 Å². The van der Waals surface area contributed by atoms with Crippen LogP contribution in [0.2, 0.25) is 0 Å². The number of hydrogen-bond acceptors (Lipinski definition) is 3. The molecule has 1 spiro atoms. The van der Waals surface area contributed by atoms with Gasteiger partial charge in [0.1, 0.15) is 6.04 Å². The van der Waals surface area contributed by atoms with Crippen LogP contribution in [-0.4, -0.2) is 46.2 Å². The van der Waals surface area contributed by atoms with E-state index in [-0.39, 0.29) is 34.3 Å². The predicted molar refractivity (Wildman–Crippen MR) is 155 cm³/mol. The number of imidazole rings is 1. The number of fused-ring (bicyclic) bond motifs is 1. The van der Waals surface area contributed by atoms with Gasteiger partial charge in [0.25, 0.3) is 0 Å². The summed E-state index contributed by atoms with van der Waals surface area (Å²) in [4.78, 5) is 16.0. The highest BCUT2D eigenvalue weighted by Gasteiger charge is 2.51. The van der Waals surface area contributed by atoms with Crippen LogP contribution in [0.1, 0.15) is 41.3 Å². The standard InChI is InChI=1S/C31H34N4O2.BrH/c1-21-8-12-24(13-9-21)16-28(29(36)33-17-31(18-33)19-37-20-31)35-27-7-5-4-6-26(27)34(30(35)32)23(3)25-14-10-22(2)11-15-25;/h4-15,23,28,32H,16-20H2,1-3H3;1H. The Morgan fingerprint density at radius 3 is 2.00 bits per heavy atom. The Hall–Kier alpha value is -3.16. The molecule has 4 aromatic rings. The van der Waals surface area contributed by atoms with E-state index in [1.165, 1.54) is 11.1 Å². The van der Waals surface area contributed by atoms with Gasteiger partial charge in [-0.1, -0.05) is 71.8 Å². The molecule has 2 fully saturated rings. The van der Waals surface area contributed by atoms with Gasteiger partial charge in [-0.25, -0.2) is 0 Å². The van der Waals surface area contributed by atoms with E-state index in [0.717, 1.165) is 48.5 Å². The number of hydrogen-bond donors (Lipinski definition) is 1. The van der Waals surface area contributed by atoms with Crippen LogP contribution in [0.15, 0.2) is 72.8 Å². The molecule has 2 aliphatic heterocycles. The van der Waals surface area contributed by atoms with Gasteiger partial charge in [-0.3, -0.25) is 14.8 Å². The lowest BCUT2D eigenvalue weighted by Crippen LogP contribution is -2.68. The smallest absolute Gasteiger partial charge is 0.246 e. The van der Waals surface area contributed by atoms with Gasteiger partial charge < -0.3 is 14.2 Å². The van der Waals surface area contributed by atoms with Gasteiger partial charge >= 0.3 is 0 Å². The Bertz CT molecular complexity index is 1510. The molecular formula is C31H35BrN4O2. The first-order valence-corrected chi connectivity index (χ1v) is 13.1. The Kier molecular flexibility index (Phi) is 7.09. The van der Waals surface area contributed by atoms with E-state index in [4.69, 9.17) is 4.74 Å². The monoisotopic (exact) mass is 574 g/mol. The highest BCUT2D eigenvalue weighted by molar-refractivity contribution is 8.93. The van der Waals surface area contributed by atoms with Crippen LogP contribution in [0, 0.1) is 24.7 Å². The van der Waals surface area contributed by atoms with Crippen LogP contribution in [0.4, 0.5) is 0 Å². The number of para-hydroxylation sites is 2. The molecule has 2 atom stereocenters. The van der Waals surface area contributed by atoms with Crippen molar-refractivity contribution in [2.45, 2.75) is 39.3 Å². The second-order valence-electron chi connectivity index (χ2n) is 11.0. The molecule has 38 heavy (non-hydrogen) atoms. The van der Waals surface area contributed by atoms with Crippen molar-refractivity contribution >= 4 is 33.9 Å². The second kappa shape index (κ2) is 10.2. The maximum Gasteiger partial charge on any atom is 0.246 e. The van der Waals surface area contributed by atoms with Crippen LogP contribution in [-0.2, 0) is 16.0 Å². The van der Waals surface area contributed by atoms with E-state index in [1.54, 1.807) is 0 Å². The first-order chi connectivity index (χ1) is 17.8. The number of halogens is 1. The van der Waals surface area contributed by atoms with E-state index in [2.05, 4.69) is 79.9 Å². The van der Waals surface area contributed by atoms with Crippen LogP contribution in [0.5, 0.6) is 0 Å². The summed E-state index contributed by atoms with van der Waals surface area (Å²) in [6.07, 6.45) is 0.544. The van der Waals surface area contributed by atoms with Gasteiger partial charge in [-0.05, 0) is 44.0 Å². The molecule has 0 aliphatic carbocycles. The molecule has 6 nitrogen and oxygen atoms in total. The fourth-order valence-corrected chi connectivity index (χ4v) is 5.86. The molecule has 3 heterocycles. The number of benzene rings is 3. The van der Waals surface area contributed by atoms with Crippen LogP contribution in [0.25, 0.3) is 11.0 Å². The number of carbonyl (C=O) groups excluding carboxylic acids is 1. The summed E-state index contributed by atoms with van der Waals surface area (Å²) < 4.78 is 9.46. The summed E-state index contributed by atoms with van der Waals surface area (Å²) in [7, 11) is 0. The molecule has 0 radical (unpaired) electrons. The third-order valence-electron chi connectivity index (χ3n) is 8.13. The molecular weight excluding hydrogens is 540 g/mol. The molecule has 1 amide bonds. The number of aromatic nitrogens is 2. The Labute approximate surface area is 234 Å². The molecule has 0 bridgehead atoms. The summed E-state index contributed by atoms with van der Waals surface area (Å²) in [6.45, 7) is 9.24. The number of carbonyl (C=O) groups is 1. The maximum absolute atomic E-state index is 14.1. The largest absolute Gasteiger partial charge is 0.380 e. The molecule has 1 N–H and O–H groups in total. The first kappa shape index (κ1) is 26.4. The fraction of sp³-hybridized carbons (Fsp3) is 0.355. The van der Waals surface area contributed by atoms with E-state index < -0.39 is 6.04 Å². The predicted octanol–water partition coefficient (Wildman–Crippen LogP) is 5.37. The third kappa shape index (κ3) is 4.52.